The minimum atomic E-state index is -4.10. The molecule has 1 N–H and O–H groups in total. The summed E-state index contributed by atoms with van der Waals surface area (Å²) in [4.78, 5) is 14.4. The van der Waals surface area contributed by atoms with Gasteiger partial charge >= 0.3 is 6.18 Å². The minimum Gasteiger partial charge on any atom is -0.370 e. The third kappa shape index (κ3) is 4.43. The molecule has 2 saturated heterocycles. The number of carbonyl (C=O) groups excluding carboxylic acids is 1. The molecule has 4 rings (SSSR count). The number of amides is 1. The molecular formula is C21H26F3N3O2. The normalized spacial score (nSPS) is 22.0. The Labute approximate surface area is 167 Å². The molecule has 1 spiro atoms. The average molecular weight is 409 g/mol. The molecule has 0 radical (unpaired) electrons. The van der Waals surface area contributed by atoms with E-state index in [9.17, 15) is 18.0 Å². The molecule has 29 heavy (non-hydrogen) atoms. The van der Waals surface area contributed by atoms with E-state index in [1.807, 2.05) is 46.8 Å². The maximum absolute atomic E-state index is 12.6. The zero-order valence-electron chi connectivity index (χ0n) is 16.5. The van der Waals surface area contributed by atoms with E-state index in [2.05, 4.69) is 5.32 Å². The van der Waals surface area contributed by atoms with E-state index in [4.69, 9.17) is 4.74 Å². The second-order valence-electron chi connectivity index (χ2n) is 8.19. The number of piperidine rings is 1. The van der Waals surface area contributed by atoms with Gasteiger partial charge in [0, 0.05) is 50.6 Å². The summed E-state index contributed by atoms with van der Waals surface area (Å²) in [5.41, 5.74) is 1.40. The monoisotopic (exact) mass is 409 g/mol. The van der Waals surface area contributed by atoms with Gasteiger partial charge in [-0.2, -0.15) is 13.2 Å². The van der Waals surface area contributed by atoms with Gasteiger partial charge in [-0.3, -0.25) is 4.79 Å². The first-order valence-electron chi connectivity index (χ1n) is 10.0. The number of alkyl halides is 3. The lowest BCUT2D eigenvalue weighted by Crippen LogP contribution is -2.59. The van der Waals surface area contributed by atoms with Crippen LogP contribution < -0.4 is 5.32 Å². The molecule has 0 unspecified atom stereocenters. The summed E-state index contributed by atoms with van der Waals surface area (Å²) in [6.45, 7) is 1.76. The van der Waals surface area contributed by atoms with Crippen molar-refractivity contribution in [3.8, 4) is 0 Å². The summed E-state index contributed by atoms with van der Waals surface area (Å²) in [5, 5.41) is 3.97. The van der Waals surface area contributed by atoms with Crippen molar-refractivity contribution in [2.75, 3.05) is 26.2 Å². The summed E-state index contributed by atoms with van der Waals surface area (Å²) in [5.74, 6) is -0.129. The van der Waals surface area contributed by atoms with Crippen LogP contribution in [0.3, 0.4) is 0 Å². The van der Waals surface area contributed by atoms with E-state index in [0.717, 1.165) is 30.2 Å². The second-order valence-corrected chi connectivity index (χ2v) is 8.19. The highest BCUT2D eigenvalue weighted by atomic mass is 19.4. The standard InChI is InChI=1S/C21H26F3N3O2/c1-26-17-5-3-2-4-15(17)12-18(26)19(28)25-14-16-13-20(29-16)6-9-27(10-7-20)11-8-21(22,23)24/h2-5,12,16H,6-11,13-14H2,1H3,(H,25,28)/t16-/m0/s1. The topological polar surface area (TPSA) is 46.5 Å². The Morgan fingerprint density at radius 2 is 1.97 bits per heavy atom. The molecule has 1 aromatic heterocycles. The number of ether oxygens (including phenoxy) is 1. The number of nitrogens with zero attached hydrogens (tertiary/aromatic N) is 2. The van der Waals surface area contributed by atoms with Crippen LogP contribution in [0, 0.1) is 0 Å². The van der Waals surface area contributed by atoms with Crippen molar-refractivity contribution in [3.63, 3.8) is 0 Å². The molecule has 5 nitrogen and oxygen atoms in total. The van der Waals surface area contributed by atoms with E-state index in [1.165, 1.54) is 0 Å². The van der Waals surface area contributed by atoms with E-state index in [1.54, 1.807) is 0 Å². The zero-order valence-corrected chi connectivity index (χ0v) is 16.5. The highest BCUT2D eigenvalue weighted by molar-refractivity contribution is 5.98. The number of para-hydroxylation sites is 1. The number of fused-ring (bicyclic) bond motifs is 1. The SMILES string of the molecule is Cn1c(C(=O)NC[C@@H]2CC3(CCN(CCC(F)(F)F)CC3)O2)cc2ccccc21. The zero-order chi connectivity index (χ0) is 20.6. The molecule has 3 heterocycles. The number of rotatable bonds is 5. The third-order valence-electron chi connectivity index (χ3n) is 6.17. The summed E-state index contributed by atoms with van der Waals surface area (Å²) in [6.07, 6.45) is -2.55. The predicted octanol–water partition coefficient (Wildman–Crippen LogP) is 3.48. The van der Waals surface area contributed by atoms with Crippen molar-refractivity contribution in [1.82, 2.24) is 14.8 Å². The van der Waals surface area contributed by atoms with Crippen LogP contribution in [-0.4, -0.2) is 59.4 Å². The molecule has 158 valence electrons. The maximum Gasteiger partial charge on any atom is 0.390 e. The molecule has 2 aliphatic rings. The van der Waals surface area contributed by atoms with Crippen molar-refractivity contribution in [1.29, 1.82) is 0 Å². The molecule has 2 aromatic rings. The minimum absolute atomic E-state index is 0.0321. The number of nitrogens with one attached hydrogen (secondary N) is 1. The van der Waals surface area contributed by atoms with E-state index in [0.29, 0.717) is 25.3 Å². The molecule has 2 aliphatic heterocycles. The molecule has 0 saturated carbocycles. The van der Waals surface area contributed by atoms with Crippen LogP contribution in [0.15, 0.2) is 30.3 Å². The second kappa shape index (κ2) is 7.65. The van der Waals surface area contributed by atoms with Crippen LogP contribution in [0.2, 0.25) is 0 Å². The van der Waals surface area contributed by atoms with Gasteiger partial charge in [0.15, 0.2) is 0 Å². The Hall–Kier alpha value is -2.06. The largest absolute Gasteiger partial charge is 0.390 e. The Bertz CT molecular complexity index is 877. The Morgan fingerprint density at radius 1 is 1.28 bits per heavy atom. The average Bonchev–Trinajstić information content (AvgIpc) is 3.00. The summed E-state index contributed by atoms with van der Waals surface area (Å²) in [6, 6.07) is 9.72. The molecule has 0 bridgehead atoms. The fraction of sp³-hybridized carbons (Fsp3) is 0.571. The molecular weight excluding hydrogens is 383 g/mol. The van der Waals surface area contributed by atoms with Crippen LogP contribution >= 0.6 is 0 Å². The van der Waals surface area contributed by atoms with Gasteiger partial charge in [-0.25, -0.2) is 0 Å². The molecule has 0 aliphatic carbocycles. The highest BCUT2D eigenvalue weighted by Crippen LogP contribution is 2.41. The lowest BCUT2D eigenvalue weighted by Gasteiger charge is -2.52. The number of halogens is 3. The molecule has 2 fully saturated rings. The van der Waals surface area contributed by atoms with Gasteiger partial charge in [-0.05, 0) is 25.0 Å². The molecule has 1 atom stereocenters. The van der Waals surface area contributed by atoms with Crippen LogP contribution in [0.5, 0.6) is 0 Å². The number of aryl methyl sites for hydroxylation is 1. The third-order valence-corrected chi connectivity index (χ3v) is 6.17. The lowest BCUT2D eigenvalue weighted by atomic mass is 9.80. The van der Waals surface area contributed by atoms with Crippen LogP contribution in [-0.2, 0) is 11.8 Å². The number of hydrogen-bond donors (Lipinski definition) is 1. The maximum atomic E-state index is 12.6. The van der Waals surface area contributed by atoms with Gasteiger partial charge in [0.25, 0.3) is 5.91 Å². The smallest absolute Gasteiger partial charge is 0.370 e. The van der Waals surface area contributed by atoms with Crippen LogP contribution in [0.4, 0.5) is 13.2 Å². The first-order chi connectivity index (χ1) is 13.7. The van der Waals surface area contributed by atoms with Gasteiger partial charge in [0.1, 0.15) is 5.69 Å². The Morgan fingerprint density at radius 3 is 2.62 bits per heavy atom. The number of carbonyl (C=O) groups is 1. The first kappa shape index (κ1) is 20.2. The van der Waals surface area contributed by atoms with Gasteiger partial charge in [0.2, 0.25) is 0 Å². The van der Waals surface area contributed by atoms with E-state index in [-0.39, 0.29) is 24.2 Å². The van der Waals surface area contributed by atoms with Gasteiger partial charge in [-0.15, -0.1) is 0 Å². The van der Waals surface area contributed by atoms with E-state index < -0.39 is 12.6 Å². The van der Waals surface area contributed by atoms with Crippen molar-refractivity contribution in [2.45, 2.75) is 43.6 Å². The van der Waals surface area contributed by atoms with Gasteiger partial charge in [0.05, 0.1) is 18.1 Å². The predicted molar refractivity (Wildman–Crippen MR) is 104 cm³/mol. The fourth-order valence-corrected chi connectivity index (χ4v) is 4.47. The lowest BCUT2D eigenvalue weighted by molar-refractivity contribution is -0.223. The number of aromatic nitrogens is 1. The molecule has 1 amide bonds. The van der Waals surface area contributed by atoms with E-state index >= 15 is 0 Å². The quantitative estimate of drug-likeness (QED) is 0.823. The van der Waals surface area contributed by atoms with Crippen molar-refractivity contribution >= 4 is 16.8 Å². The van der Waals surface area contributed by atoms with Gasteiger partial charge in [-0.1, -0.05) is 18.2 Å². The highest BCUT2D eigenvalue weighted by Gasteiger charge is 2.47. The van der Waals surface area contributed by atoms with Crippen LogP contribution in [0.25, 0.3) is 10.9 Å². The number of hydrogen-bond acceptors (Lipinski definition) is 3. The molecule has 8 heteroatoms. The summed E-state index contributed by atoms with van der Waals surface area (Å²) >= 11 is 0. The number of likely N-dealkylation sites (tertiary alicyclic amines) is 1. The molecule has 1 aromatic carbocycles. The fourth-order valence-electron chi connectivity index (χ4n) is 4.47. The number of benzene rings is 1. The summed E-state index contributed by atoms with van der Waals surface area (Å²) in [7, 11) is 1.87. The Balaban J connectivity index is 1.22. The Kier molecular flexibility index (Phi) is 5.33. The van der Waals surface area contributed by atoms with Crippen LogP contribution in [0.1, 0.15) is 36.2 Å². The van der Waals surface area contributed by atoms with Crippen molar-refractivity contribution in [2.24, 2.45) is 7.05 Å². The van der Waals surface area contributed by atoms with Crippen molar-refractivity contribution < 1.29 is 22.7 Å². The van der Waals surface area contributed by atoms with Gasteiger partial charge < -0.3 is 19.5 Å². The first-order valence-corrected chi connectivity index (χ1v) is 10.0. The summed E-state index contributed by atoms with van der Waals surface area (Å²) < 4.78 is 45.0. The van der Waals surface area contributed by atoms with Crippen molar-refractivity contribution in [3.05, 3.63) is 36.0 Å².